The predicted octanol–water partition coefficient (Wildman–Crippen LogP) is 2.71. The van der Waals surface area contributed by atoms with Crippen molar-refractivity contribution >= 4 is 11.6 Å². The van der Waals surface area contributed by atoms with Gasteiger partial charge in [-0.2, -0.15) is 0 Å². The molecule has 1 heterocycles. The zero-order valence-electron chi connectivity index (χ0n) is 10.6. The lowest BCUT2D eigenvalue weighted by Crippen LogP contribution is -2.53. The molecule has 1 fully saturated rings. The molecule has 1 aromatic rings. The molecule has 2 nitrogen and oxygen atoms in total. The Hall–Kier alpha value is -0.570. The third kappa shape index (κ3) is 2.10. The summed E-state index contributed by atoms with van der Waals surface area (Å²) < 4.78 is 0. The summed E-state index contributed by atoms with van der Waals surface area (Å²) in [6, 6.07) is 5.76. The van der Waals surface area contributed by atoms with E-state index in [0.29, 0.717) is 0 Å². The molecule has 17 heavy (non-hydrogen) atoms. The van der Waals surface area contributed by atoms with Crippen molar-refractivity contribution in [2.24, 2.45) is 11.8 Å². The van der Waals surface area contributed by atoms with E-state index in [1.807, 2.05) is 25.1 Å². The summed E-state index contributed by atoms with van der Waals surface area (Å²) in [5.74, 6) is 0.400. The number of hydrogen-bond acceptors (Lipinski definition) is 2. The van der Waals surface area contributed by atoms with E-state index in [1.165, 1.54) is 0 Å². The number of nitrogens with one attached hydrogen (secondary N) is 1. The molecular formula is C14H20ClNO. The summed E-state index contributed by atoms with van der Waals surface area (Å²) >= 11 is 5.98. The molecule has 3 heteroatoms. The van der Waals surface area contributed by atoms with Crippen LogP contribution in [0.3, 0.4) is 0 Å². The molecule has 94 valence electrons. The largest absolute Gasteiger partial charge is 0.384 e. The van der Waals surface area contributed by atoms with E-state index in [1.54, 1.807) is 0 Å². The van der Waals surface area contributed by atoms with E-state index in [-0.39, 0.29) is 11.8 Å². The van der Waals surface area contributed by atoms with Crippen molar-refractivity contribution in [1.29, 1.82) is 0 Å². The molecule has 0 saturated carbocycles. The van der Waals surface area contributed by atoms with E-state index in [9.17, 15) is 5.11 Å². The van der Waals surface area contributed by atoms with Crippen molar-refractivity contribution in [3.63, 3.8) is 0 Å². The Bertz CT molecular complexity index is 409. The number of benzene rings is 1. The first-order valence-corrected chi connectivity index (χ1v) is 6.53. The highest BCUT2D eigenvalue weighted by molar-refractivity contribution is 6.30. The molecule has 1 aliphatic rings. The van der Waals surface area contributed by atoms with Crippen molar-refractivity contribution in [2.45, 2.75) is 26.4 Å². The quantitative estimate of drug-likeness (QED) is 0.807. The highest BCUT2D eigenvalue weighted by atomic mass is 35.5. The van der Waals surface area contributed by atoms with Crippen LogP contribution in [-0.2, 0) is 5.60 Å². The Balaban J connectivity index is 2.48. The normalized spacial score (nSPS) is 33.7. The smallest absolute Gasteiger partial charge is 0.0974 e. The zero-order valence-corrected chi connectivity index (χ0v) is 11.4. The SMILES string of the molecule is Cc1cc(Cl)ccc1C1(O)[C@H](C)CNC[C@@H]1C. The van der Waals surface area contributed by atoms with Crippen molar-refractivity contribution < 1.29 is 5.11 Å². The van der Waals surface area contributed by atoms with Gasteiger partial charge >= 0.3 is 0 Å². The first-order chi connectivity index (χ1) is 7.96. The van der Waals surface area contributed by atoms with Crippen LogP contribution in [0.15, 0.2) is 18.2 Å². The second-order valence-corrected chi connectivity index (χ2v) is 5.68. The Morgan fingerprint density at radius 3 is 2.41 bits per heavy atom. The van der Waals surface area contributed by atoms with Crippen LogP contribution in [0, 0.1) is 18.8 Å². The third-order valence-corrected chi connectivity index (χ3v) is 4.26. The number of piperidine rings is 1. The van der Waals surface area contributed by atoms with E-state index in [2.05, 4.69) is 19.2 Å². The van der Waals surface area contributed by atoms with Gasteiger partial charge in [-0.15, -0.1) is 0 Å². The molecule has 2 rings (SSSR count). The van der Waals surface area contributed by atoms with Crippen LogP contribution in [0.1, 0.15) is 25.0 Å². The van der Waals surface area contributed by atoms with Crippen LogP contribution in [0.5, 0.6) is 0 Å². The van der Waals surface area contributed by atoms with Crippen LogP contribution in [0.4, 0.5) is 0 Å². The van der Waals surface area contributed by atoms with Gasteiger partial charge in [-0.05, 0) is 30.2 Å². The highest BCUT2D eigenvalue weighted by Crippen LogP contribution is 2.40. The van der Waals surface area contributed by atoms with Crippen LogP contribution >= 0.6 is 11.6 Å². The molecule has 0 aliphatic carbocycles. The summed E-state index contributed by atoms with van der Waals surface area (Å²) in [6.07, 6.45) is 0. The van der Waals surface area contributed by atoms with Gasteiger partial charge in [0.05, 0.1) is 5.60 Å². The molecule has 3 atom stereocenters. The van der Waals surface area contributed by atoms with Gasteiger partial charge in [0.25, 0.3) is 0 Å². The topological polar surface area (TPSA) is 32.3 Å². The lowest BCUT2D eigenvalue weighted by molar-refractivity contribution is -0.0811. The molecule has 0 aromatic heterocycles. The van der Waals surface area contributed by atoms with Crippen molar-refractivity contribution in [1.82, 2.24) is 5.32 Å². The van der Waals surface area contributed by atoms with Gasteiger partial charge < -0.3 is 10.4 Å². The molecule has 0 bridgehead atoms. The molecular weight excluding hydrogens is 234 g/mol. The summed E-state index contributed by atoms with van der Waals surface area (Å²) in [5, 5.41) is 15.1. The Labute approximate surface area is 108 Å². The van der Waals surface area contributed by atoms with Gasteiger partial charge in [0.2, 0.25) is 0 Å². The molecule has 1 aromatic carbocycles. The monoisotopic (exact) mass is 253 g/mol. The average molecular weight is 254 g/mol. The van der Waals surface area contributed by atoms with Gasteiger partial charge in [-0.1, -0.05) is 31.5 Å². The zero-order chi connectivity index (χ0) is 12.6. The minimum absolute atomic E-state index is 0.200. The van der Waals surface area contributed by atoms with E-state index >= 15 is 0 Å². The second kappa shape index (κ2) is 4.60. The number of aliphatic hydroxyl groups is 1. The van der Waals surface area contributed by atoms with E-state index in [0.717, 1.165) is 29.2 Å². The predicted molar refractivity (Wildman–Crippen MR) is 71.3 cm³/mol. The summed E-state index contributed by atoms with van der Waals surface area (Å²) in [6.45, 7) is 7.90. The molecule has 0 radical (unpaired) electrons. The fourth-order valence-corrected chi connectivity index (χ4v) is 3.15. The van der Waals surface area contributed by atoms with Gasteiger partial charge in [0.15, 0.2) is 0 Å². The maximum atomic E-state index is 11.1. The van der Waals surface area contributed by atoms with Crippen LogP contribution in [-0.4, -0.2) is 18.2 Å². The average Bonchev–Trinajstić information content (AvgIpc) is 2.26. The lowest BCUT2D eigenvalue weighted by atomic mass is 9.70. The van der Waals surface area contributed by atoms with E-state index in [4.69, 9.17) is 11.6 Å². The lowest BCUT2D eigenvalue weighted by Gasteiger charge is -2.44. The Kier molecular flexibility index (Phi) is 3.48. The summed E-state index contributed by atoms with van der Waals surface area (Å²) in [7, 11) is 0. The van der Waals surface area contributed by atoms with Gasteiger partial charge in [0, 0.05) is 29.9 Å². The summed E-state index contributed by atoms with van der Waals surface area (Å²) in [4.78, 5) is 0. The fourth-order valence-electron chi connectivity index (χ4n) is 2.92. The van der Waals surface area contributed by atoms with E-state index < -0.39 is 5.60 Å². The Morgan fingerprint density at radius 2 is 1.88 bits per heavy atom. The Morgan fingerprint density at radius 1 is 1.29 bits per heavy atom. The van der Waals surface area contributed by atoms with Gasteiger partial charge in [0.1, 0.15) is 0 Å². The minimum Gasteiger partial charge on any atom is -0.384 e. The maximum absolute atomic E-state index is 11.1. The van der Waals surface area contributed by atoms with Gasteiger partial charge in [-0.25, -0.2) is 0 Å². The molecule has 1 saturated heterocycles. The second-order valence-electron chi connectivity index (χ2n) is 5.24. The van der Waals surface area contributed by atoms with Crippen LogP contribution in [0.25, 0.3) is 0 Å². The minimum atomic E-state index is -0.750. The van der Waals surface area contributed by atoms with Gasteiger partial charge in [-0.3, -0.25) is 0 Å². The third-order valence-electron chi connectivity index (χ3n) is 4.02. The first-order valence-electron chi connectivity index (χ1n) is 6.16. The number of halogens is 1. The number of hydrogen-bond donors (Lipinski definition) is 2. The number of rotatable bonds is 1. The standard InChI is InChI=1S/C14H20ClNO/c1-9-6-12(15)4-5-13(9)14(17)10(2)7-16-8-11(14)3/h4-6,10-11,16-17H,7-8H2,1-3H3/t10-,11+,14?. The fraction of sp³-hybridized carbons (Fsp3) is 0.571. The highest BCUT2D eigenvalue weighted by Gasteiger charge is 2.43. The molecule has 1 unspecified atom stereocenters. The van der Waals surface area contributed by atoms with Crippen molar-refractivity contribution in [2.75, 3.05) is 13.1 Å². The molecule has 2 N–H and O–H groups in total. The number of aryl methyl sites for hydroxylation is 1. The van der Waals surface area contributed by atoms with Crippen LogP contribution in [0.2, 0.25) is 5.02 Å². The molecule has 0 spiro atoms. The molecule has 0 amide bonds. The summed E-state index contributed by atoms with van der Waals surface area (Å²) in [5.41, 5.74) is 1.34. The maximum Gasteiger partial charge on any atom is 0.0974 e. The van der Waals surface area contributed by atoms with Crippen LogP contribution < -0.4 is 5.32 Å². The van der Waals surface area contributed by atoms with Crippen molar-refractivity contribution in [3.8, 4) is 0 Å². The van der Waals surface area contributed by atoms with Crippen molar-refractivity contribution in [3.05, 3.63) is 34.3 Å². The first kappa shape index (κ1) is 12.9. The molecule has 1 aliphatic heterocycles.